The van der Waals surface area contributed by atoms with Gasteiger partial charge in [0.2, 0.25) is 11.8 Å². The molecule has 2 aromatic heterocycles. The van der Waals surface area contributed by atoms with Crippen LogP contribution in [0.1, 0.15) is 29.8 Å². The summed E-state index contributed by atoms with van der Waals surface area (Å²) in [7, 11) is 0. The van der Waals surface area contributed by atoms with Crippen molar-refractivity contribution >= 4 is 38.5 Å². The Morgan fingerprint density at radius 2 is 2.00 bits per heavy atom. The van der Waals surface area contributed by atoms with E-state index in [1.165, 1.54) is 47.9 Å². The van der Waals surface area contributed by atoms with Crippen molar-refractivity contribution in [2.75, 3.05) is 11.9 Å². The Hall–Kier alpha value is -4.09. The number of halogens is 1. The lowest BCUT2D eigenvalue weighted by Gasteiger charge is -2.17. The summed E-state index contributed by atoms with van der Waals surface area (Å²) in [6.45, 7) is 3.42. The fourth-order valence-electron chi connectivity index (χ4n) is 3.16. The summed E-state index contributed by atoms with van der Waals surface area (Å²) >= 11 is 1.29. The van der Waals surface area contributed by atoms with Gasteiger partial charge in [-0.25, -0.2) is 14.4 Å². The third-order valence-electron chi connectivity index (χ3n) is 4.80. The zero-order chi connectivity index (χ0) is 25.9. The van der Waals surface area contributed by atoms with E-state index in [0.29, 0.717) is 22.0 Å². The van der Waals surface area contributed by atoms with Crippen molar-refractivity contribution in [3.05, 3.63) is 71.7 Å². The molecule has 4 rings (SSSR count). The Kier molecular flexibility index (Phi) is 7.13. The molecule has 0 aliphatic carbocycles. The number of amides is 2. The Morgan fingerprint density at radius 1 is 1.19 bits per heavy atom. The Labute approximate surface area is 209 Å². The first-order chi connectivity index (χ1) is 17.1. The van der Waals surface area contributed by atoms with Crippen LogP contribution in [0.4, 0.5) is 9.52 Å². The zero-order valence-electron chi connectivity index (χ0n) is 19.4. The van der Waals surface area contributed by atoms with Crippen LogP contribution in [0, 0.1) is 5.82 Å². The van der Waals surface area contributed by atoms with E-state index in [1.54, 1.807) is 26.0 Å². The van der Waals surface area contributed by atoms with Crippen molar-refractivity contribution in [1.29, 1.82) is 0 Å². The van der Waals surface area contributed by atoms with Crippen LogP contribution in [0.3, 0.4) is 0 Å². The highest BCUT2D eigenvalue weighted by Crippen LogP contribution is 2.30. The number of nitrogens with one attached hydrogen (secondary N) is 1. The van der Waals surface area contributed by atoms with E-state index in [9.17, 15) is 19.1 Å². The third kappa shape index (κ3) is 6.32. The lowest BCUT2D eigenvalue weighted by atomic mass is 10.1. The molecule has 4 aromatic rings. The quantitative estimate of drug-likeness (QED) is 0.309. The van der Waals surface area contributed by atoms with Gasteiger partial charge in [0.1, 0.15) is 17.9 Å². The number of rotatable bonds is 9. The molecule has 11 heteroatoms. The summed E-state index contributed by atoms with van der Waals surface area (Å²) in [5.41, 5.74) is 5.40. The molecule has 0 saturated heterocycles. The minimum Gasteiger partial charge on any atom is -0.491 e. The third-order valence-corrected chi connectivity index (χ3v) is 5.75. The number of hydrogen-bond acceptors (Lipinski definition) is 8. The normalized spacial score (nSPS) is 11.3. The smallest absolute Gasteiger partial charge is 0.254 e. The fourth-order valence-corrected chi connectivity index (χ4v) is 4.02. The van der Waals surface area contributed by atoms with Crippen molar-refractivity contribution in [1.82, 2.24) is 9.97 Å². The number of hydrogen-bond donors (Lipinski definition) is 3. The van der Waals surface area contributed by atoms with Gasteiger partial charge in [-0.2, -0.15) is 0 Å². The molecule has 2 amide bonds. The highest BCUT2D eigenvalue weighted by molar-refractivity contribution is 7.22. The number of fused-ring (bicyclic) bond motifs is 1. The standard InChI is InChI=1S/C25H23FN4O5S/c1-25(2,33)13-34-15-6-8-20-18(12-15)29-24(36-20)30-21(31)11-14-5-7-19(17(26)10-14)35-23-16(22(27)32)4-3-9-28-23/h3-10,12,33H,11,13H2,1-2H3,(H2,27,32)(H,29,30,31). The topological polar surface area (TPSA) is 137 Å². The average molecular weight is 511 g/mol. The van der Waals surface area contributed by atoms with Crippen molar-refractivity contribution in [2.24, 2.45) is 5.73 Å². The summed E-state index contributed by atoms with van der Waals surface area (Å²) < 4.78 is 26.5. The lowest BCUT2D eigenvalue weighted by Crippen LogP contribution is -2.27. The molecule has 2 heterocycles. The number of aromatic nitrogens is 2. The van der Waals surface area contributed by atoms with Crippen LogP contribution in [-0.4, -0.2) is 39.1 Å². The Balaban J connectivity index is 1.40. The molecule has 4 N–H and O–H groups in total. The second kappa shape index (κ2) is 10.3. The predicted molar refractivity (Wildman–Crippen MR) is 133 cm³/mol. The van der Waals surface area contributed by atoms with Gasteiger partial charge in [0.25, 0.3) is 5.91 Å². The minimum absolute atomic E-state index is 0.0205. The minimum atomic E-state index is -0.967. The zero-order valence-corrected chi connectivity index (χ0v) is 20.3. The van der Waals surface area contributed by atoms with E-state index in [0.717, 1.165) is 4.70 Å². The van der Waals surface area contributed by atoms with Crippen LogP contribution >= 0.6 is 11.3 Å². The van der Waals surface area contributed by atoms with Gasteiger partial charge in [-0.1, -0.05) is 17.4 Å². The van der Waals surface area contributed by atoms with Crippen molar-refractivity contribution in [2.45, 2.75) is 25.9 Å². The molecule has 9 nitrogen and oxygen atoms in total. The summed E-state index contributed by atoms with van der Waals surface area (Å²) in [5.74, 6) is -1.56. The van der Waals surface area contributed by atoms with Gasteiger partial charge in [0, 0.05) is 12.3 Å². The molecule has 0 saturated carbocycles. The molecule has 2 aromatic carbocycles. The second-order valence-electron chi connectivity index (χ2n) is 8.56. The summed E-state index contributed by atoms with van der Waals surface area (Å²) in [6.07, 6.45) is 1.30. The van der Waals surface area contributed by atoms with E-state index >= 15 is 0 Å². The number of anilines is 1. The van der Waals surface area contributed by atoms with Crippen LogP contribution in [0.5, 0.6) is 17.4 Å². The van der Waals surface area contributed by atoms with Gasteiger partial charge in [0.05, 0.1) is 22.2 Å². The number of aliphatic hydroxyl groups is 1. The number of nitrogens with zero attached hydrogens (tertiary/aromatic N) is 2. The van der Waals surface area contributed by atoms with Crippen molar-refractivity contribution in [3.8, 4) is 17.4 Å². The van der Waals surface area contributed by atoms with Crippen LogP contribution in [0.15, 0.2) is 54.7 Å². The Morgan fingerprint density at radius 3 is 2.72 bits per heavy atom. The maximum absolute atomic E-state index is 14.6. The molecule has 0 atom stereocenters. The Bertz CT molecular complexity index is 1430. The first-order valence-corrected chi connectivity index (χ1v) is 11.7. The SMILES string of the molecule is CC(C)(O)COc1ccc2sc(NC(=O)Cc3ccc(Oc4ncccc4C(N)=O)c(F)c3)nc2c1. The number of thiazole rings is 1. The number of primary amides is 1. The molecule has 0 fully saturated rings. The van der Waals surface area contributed by atoms with E-state index in [4.69, 9.17) is 15.2 Å². The van der Waals surface area contributed by atoms with E-state index < -0.39 is 17.3 Å². The monoisotopic (exact) mass is 510 g/mol. The summed E-state index contributed by atoms with van der Waals surface area (Å²) in [6, 6.07) is 12.3. The van der Waals surface area contributed by atoms with Gasteiger partial charge in [0.15, 0.2) is 16.7 Å². The highest BCUT2D eigenvalue weighted by atomic mass is 32.1. The lowest BCUT2D eigenvalue weighted by molar-refractivity contribution is -0.115. The largest absolute Gasteiger partial charge is 0.491 e. The van der Waals surface area contributed by atoms with E-state index in [2.05, 4.69) is 15.3 Å². The summed E-state index contributed by atoms with van der Waals surface area (Å²) in [5, 5.41) is 12.9. The molecular weight excluding hydrogens is 487 g/mol. The van der Waals surface area contributed by atoms with Crippen LogP contribution in [0.25, 0.3) is 10.2 Å². The maximum atomic E-state index is 14.6. The molecule has 36 heavy (non-hydrogen) atoms. The second-order valence-corrected chi connectivity index (χ2v) is 9.59. The van der Waals surface area contributed by atoms with Crippen LogP contribution < -0.4 is 20.5 Å². The number of carbonyl (C=O) groups is 2. The predicted octanol–water partition coefficient (Wildman–Crippen LogP) is 4.05. The molecule has 0 spiro atoms. The number of ether oxygens (including phenoxy) is 2. The maximum Gasteiger partial charge on any atom is 0.254 e. The van der Waals surface area contributed by atoms with Gasteiger partial charge >= 0.3 is 0 Å². The van der Waals surface area contributed by atoms with Crippen LogP contribution in [0.2, 0.25) is 0 Å². The molecule has 0 aliphatic heterocycles. The van der Waals surface area contributed by atoms with Crippen molar-refractivity contribution < 1.29 is 28.6 Å². The number of nitrogens with two attached hydrogens (primary N) is 1. The first kappa shape index (κ1) is 25.0. The van der Waals surface area contributed by atoms with Gasteiger partial charge in [-0.3, -0.25) is 9.59 Å². The van der Waals surface area contributed by atoms with E-state index in [-0.39, 0.29) is 36.1 Å². The first-order valence-electron chi connectivity index (χ1n) is 10.8. The highest BCUT2D eigenvalue weighted by Gasteiger charge is 2.16. The number of benzene rings is 2. The van der Waals surface area contributed by atoms with Crippen molar-refractivity contribution in [3.63, 3.8) is 0 Å². The molecule has 0 bridgehead atoms. The van der Waals surface area contributed by atoms with Gasteiger partial charge < -0.3 is 25.6 Å². The molecule has 0 aliphatic rings. The van der Waals surface area contributed by atoms with Gasteiger partial charge in [-0.15, -0.1) is 0 Å². The van der Waals surface area contributed by atoms with E-state index in [1.807, 2.05) is 6.07 Å². The fraction of sp³-hybridized carbons (Fsp3) is 0.200. The molecular formula is C25H23FN4O5S. The number of pyridine rings is 1. The molecule has 0 radical (unpaired) electrons. The van der Waals surface area contributed by atoms with Gasteiger partial charge in [-0.05, 0) is 55.8 Å². The van der Waals surface area contributed by atoms with Crippen LogP contribution in [-0.2, 0) is 11.2 Å². The average Bonchev–Trinajstić information content (AvgIpc) is 3.20. The molecule has 0 unspecified atom stereocenters. The summed E-state index contributed by atoms with van der Waals surface area (Å²) in [4.78, 5) is 32.4. The molecule has 186 valence electrons. The number of carbonyl (C=O) groups excluding carboxylic acids is 2.